The van der Waals surface area contributed by atoms with Crippen LogP contribution >= 0.6 is 0 Å². The van der Waals surface area contributed by atoms with Crippen molar-refractivity contribution in [2.24, 2.45) is 0 Å². The number of hydrogen-bond acceptors (Lipinski definition) is 4. The van der Waals surface area contributed by atoms with Crippen molar-refractivity contribution in [1.29, 1.82) is 5.26 Å². The van der Waals surface area contributed by atoms with Crippen LogP contribution in [-0.2, 0) is 16.0 Å². The molecular formula is C20H20F2N2O2. The fourth-order valence-electron chi connectivity index (χ4n) is 2.55. The van der Waals surface area contributed by atoms with Crippen LogP contribution in [0.5, 0.6) is 0 Å². The van der Waals surface area contributed by atoms with Crippen LogP contribution in [0.4, 0.5) is 14.5 Å². The molecule has 0 spiro atoms. The second-order valence-electron chi connectivity index (χ2n) is 5.63. The van der Waals surface area contributed by atoms with Gasteiger partial charge in [0.2, 0.25) is 0 Å². The molecule has 2 aromatic rings. The molecule has 0 aliphatic carbocycles. The number of carbonyl (C=O) groups is 1. The lowest BCUT2D eigenvalue weighted by atomic mass is 10.0. The maximum absolute atomic E-state index is 14.7. The van der Waals surface area contributed by atoms with Crippen molar-refractivity contribution in [3.63, 3.8) is 0 Å². The minimum atomic E-state index is -1.30. The standard InChI is InChI=1S/C20H20F2N2O2/c1-2-26-19(25)11-9-16-15(12-23)8-10-18(20(16)22)24-13-17(21)14-6-4-3-5-7-14/h3-8,10,17,24H,2,9,11,13H2,1H3. The normalized spacial score (nSPS) is 11.5. The van der Waals surface area contributed by atoms with Crippen molar-refractivity contribution < 1.29 is 18.3 Å². The summed E-state index contributed by atoms with van der Waals surface area (Å²) in [5, 5.41) is 11.9. The second-order valence-corrected chi connectivity index (χ2v) is 5.63. The summed E-state index contributed by atoms with van der Waals surface area (Å²) in [7, 11) is 0. The third-order valence-electron chi connectivity index (χ3n) is 3.88. The SMILES string of the molecule is CCOC(=O)CCc1c(C#N)ccc(NCC(F)c2ccccc2)c1F. The molecule has 2 rings (SSSR count). The van der Waals surface area contributed by atoms with Crippen LogP contribution in [0.25, 0.3) is 0 Å². The van der Waals surface area contributed by atoms with E-state index in [0.717, 1.165) is 0 Å². The van der Waals surface area contributed by atoms with Crippen molar-refractivity contribution in [1.82, 2.24) is 0 Å². The second kappa shape index (κ2) is 9.52. The number of nitrogens with zero attached hydrogens (tertiary/aromatic N) is 1. The van der Waals surface area contributed by atoms with Crippen molar-refractivity contribution >= 4 is 11.7 Å². The monoisotopic (exact) mass is 358 g/mol. The molecule has 0 saturated heterocycles. The average Bonchev–Trinajstić information content (AvgIpc) is 2.66. The number of ether oxygens (including phenoxy) is 1. The summed E-state index contributed by atoms with van der Waals surface area (Å²) >= 11 is 0. The fourth-order valence-corrected chi connectivity index (χ4v) is 2.55. The van der Waals surface area contributed by atoms with E-state index in [1.165, 1.54) is 12.1 Å². The van der Waals surface area contributed by atoms with E-state index in [-0.39, 0.29) is 42.8 Å². The molecule has 0 fully saturated rings. The van der Waals surface area contributed by atoms with Crippen molar-refractivity contribution in [2.75, 3.05) is 18.5 Å². The minimum Gasteiger partial charge on any atom is -0.466 e. The smallest absolute Gasteiger partial charge is 0.306 e. The summed E-state index contributed by atoms with van der Waals surface area (Å²) in [6.45, 7) is 1.82. The highest BCUT2D eigenvalue weighted by Gasteiger charge is 2.17. The van der Waals surface area contributed by atoms with Crippen LogP contribution in [0.2, 0.25) is 0 Å². The van der Waals surface area contributed by atoms with Gasteiger partial charge in [0.25, 0.3) is 0 Å². The van der Waals surface area contributed by atoms with Gasteiger partial charge in [-0.05, 0) is 31.0 Å². The number of nitrogens with one attached hydrogen (secondary N) is 1. The summed E-state index contributed by atoms with van der Waals surface area (Å²) in [6, 6.07) is 13.4. The van der Waals surface area contributed by atoms with Crippen molar-refractivity contribution in [3.05, 3.63) is 65.0 Å². The van der Waals surface area contributed by atoms with Crippen molar-refractivity contribution in [2.45, 2.75) is 25.9 Å². The summed E-state index contributed by atoms with van der Waals surface area (Å²) in [6.07, 6.45) is -1.28. The van der Waals surface area contributed by atoms with Gasteiger partial charge in [0, 0.05) is 12.0 Å². The number of carbonyl (C=O) groups excluding carboxylic acids is 1. The Morgan fingerprint density at radius 1 is 1.27 bits per heavy atom. The van der Waals surface area contributed by atoms with Gasteiger partial charge in [-0.25, -0.2) is 8.78 Å². The molecule has 0 aromatic heterocycles. The molecule has 0 heterocycles. The Morgan fingerprint density at radius 3 is 2.65 bits per heavy atom. The summed E-state index contributed by atoms with van der Waals surface area (Å²) in [4.78, 5) is 11.5. The molecule has 136 valence electrons. The van der Waals surface area contributed by atoms with Crippen molar-refractivity contribution in [3.8, 4) is 6.07 Å². The zero-order valence-electron chi connectivity index (χ0n) is 14.5. The first kappa shape index (κ1) is 19.4. The number of esters is 1. The van der Waals surface area contributed by atoms with Gasteiger partial charge < -0.3 is 10.1 Å². The van der Waals surface area contributed by atoms with E-state index in [0.29, 0.717) is 5.56 Å². The Morgan fingerprint density at radius 2 is 2.00 bits per heavy atom. The van der Waals surface area contributed by atoms with Gasteiger partial charge in [-0.3, -0.25) is 4.79 Å². The third kappa shape index (κ3) is 5.03. The van der Waals surface area contributed by atoms with E-state index in [1.807, 2.05) is 6.07 Å². The first-order valence-corrected chi connectivity index (χ1v) is 8.36. The predicted molar refractivity (Wildman–Crippen MR) is 94.8 cm³/mol. The Bertz CT molecular complexity index is 788. The molecule has 1 unspecified atom stereocenters. The Labute approximate surface area is 151 Å². The maximum Gasteiger partial charge on any atom is 0.306 e. The Kier molecular flexibility index (Phi) is 7.10. The Hall–Kier alpha value is -2.94. The zero-order valence-corrected chi connectivity index (χ0v) is 14.5. The number of halogens is 2. The molecule has 1 atom stereocenters. The lowest BCUT2D eigenvalue weighted by Crippen LogP contribution is -2.12. The molecule has 0 saturated carbocycles. The van der Waals surface area contributed by atoms with Gasteiger partial charge in [-0.1, -0.05) is 30.3 Å². The quantitative estimate of drug-likeness (QED) is 0.714. The lowest BCUT2D eigenvalue weighted by Gasteiger charge is -2.14. The molecule has 2 aromatic carbocycles. The first-order chi connectivity index (χ1) is 12.6. The van der Waals surface area contributed by atoms with E-state index in [2.05, 4.69) is 5.32 Å². The molecule has 0 amide bonds. The number of benzene rings is 2. The fraction of sp³-hybridized carbons (Fsp3) is 0.300. The largest absolute Gasteiger partial charge is 0.466 e. The third-order valence-corrected chi connectivity index (χ3v) is 3.88. The number of anilines is 1. The van der Waals surface area contributed by atoms with E-state index >= 15 is 0 Å². The van der Waals surface area contributed by atoms with E-state index in [9.17, 15) is 13.6 Å². The lowest BCUT2D eigenvalue weighted by molar-refractivity contribution is -0.143. The predicted octanol–water partition coefficient (Wildman–Crippen LogP) is 4.32. The highest BCUT2D eigenvalue weighted by Crippen LogP contribution is 2.25. The molecular weight excluding hydrogens is 338 g/mol. The average molecular weight is 358 g/mol. The van der Waals surface area contributed by atoms with Crippen LogP contribution in [0, 0.1) is 17.1 Å². The van der Waals surface area contributed by atoms with Crippen LogP contribution in [-0.4, -0.2) is 19.1 Å². The molecule has 0 aliphatic heterocycles. The van der Waals surface area contributed by atoms with Crippen LogP contribution in [0.15, 0.2) is 42.5 Å². The maximum atomic E-state index is 14.7. The van der Waals surface area contributed by atoms with Crippen LogP contribution < -0.4 is 5.32 Å². The molecule has 4 nitrogen and oxygen atoms in total. The van der Waals surface area contributed by atoms with Crippen LogP contribution in [0.3, 0.4) is 0 Å². The Balaban J connectivity index is 2.10. The van der Waals surface area contributed by atoms with Gasteiger partial charge in [0.05, 0.1) is 30.5 Å². The van der Waals surface area contributed by atoms with Gasteiger partial charge in [0.1, 0.15) is 6.17 Å². The van der Waals surface area contributed by atoms with E-state index < -0.39 is 18.0 Å². The molecule has 0 aliphatic rings. The van der Waals surface area contributed by atoms with E-state index in [4.69, 9.17) is 10.00 Å². The highest BCUT2D eigenvalue weighted by atomic mass is 19.1. The number of rotatable bonds is 8. The molecule has 26 heavy (non-hydrogen) atoms. The summed E-state index contributed by atoms with van der Waals surface area (Å²) < 4.78 is 33.8. The zero-order chi connectivity index (χ0) is 18.9. The van der Waals surface area contributed by atoms with Gasteiger partial charge in [-0.2, -0.15) is 5.26 Å². The summed E-state index contributed by atoms with van der Waals surface area (Å²) in [5.74, 6) is -1.10. The number of nitriles is 1. The molecule has 1 N–H and O–H groups in total. The van der Waals surface area contributed by atoms with Gasteiger partial charge >= 0.3 is 5.97 Å². The molecule has 6 heteroatoms. The molecule has 0 bridgehead atoms. The number of alkyl halides is 1. The van der Waals surface area contributed by atoms with Gasteiger partial charge in [-0.15, -0.1) is 0 Å². The van der Waals surface area contributed by atoms with E-state index in [1.54, 1.807) is 37.3 Å². The first-order valence-electron chi connectivity index (χ1n) is 8.36. The minimum absolute atomic E-state index is 0.0291. The number of hydrogen-bond donors (Lipinski definition) is 1. The van der Waals surface area contributed by atoms with Crippen LogP contribution in [0.1, 0.15) is 36.2 Å². The van der Waals surface area contributed by atoms with Gasteiger partial charge in [0.15, 0.2) is 5.82 Å². The topological polar surface area (TPSA) is 62.1 Å². The summed E-state index contributed by atoms with van der Waals surface area (Å²) in [5.41, 5.74) is 0.871. The highest BCUT2D eigenvalue weighted by molar-refractivity contribution is 5.70. The molecule has 0 radical (unpaired) electrons.